The van der Waals surface area contributed by atoms with Crippen molar-refractivity contribution in [3.8, 4) is 0 Å². The molecule has 0 bridgehead atoms. The summed E-state index contributed by atoms with van der Waals surface area (Å²) in [7, 11) is -3.98. The standard InChI is InChI=1S/C15H14FNO3S/c1-10-2-8-13(9-3-10)21(19,20)14(15(17)18)11-4-6-12(16)7-5-11/h2-9,14H,1H3,(H2,17,18). The predicted octanol–water partition coefficient (Wildman–Crippen LogP) is 2.13. The Morgan fingerprint density at radius 1 is 1.05 bits per heavy atom. The molecular formula is C15H14FNO3S. The molecule has 4 nitrogen and oxygen atoms in total. The third-order valence-corrected chi connectivity index (χ3v) is 5.15. The molecule has 6 heteroatoms. The van der Waals surface area contributed by atoms with Gasteiger partial charge in [-0.3, -0.25) is 4.79 Å². The molecule has 0 radical (unpaired) electrons. The van der Waals surface area contributed by atoms with E-state index in [2.05, 4.69) is 0 Å². The van der Waals surface area contributed by atoms with Crippen molar-refractivity contribution in [3.63, 3.8) is 0 Å². The summed E-state index contributed by atoms with van der Waals surface area (Å²) >= 11 is 0. The van der Waals surface area contributed by atoms with Crippen LogP contribution in [0.1, 0.15) is 16.4 Å². The zero-order valence-corrected chi connectivity index (χ0v) is 12.1. The van der Waals surface area contributed by atoms with Gasteiger partial charge in [0, 0.05) is 0 Å². The minimum Gasteiger partial charge on any atom is -0.368 e. The maximum absolute atomic E-state index is 12.9. The van der Waals surface area contributed by atoms with E-state index in [1.165, 1.54) is 24.3 Å². The second-order valence-corrected chi connectivity index (χ2v) is 6.72. The van der Waals surface area contributed by atoms with Crippen molar-refractivity contribution in [1.82, 2.24) is 0 Å². The van der Waals surface area contributed by atoms with Gasteiger partial charge in [-0.2, -0.15) is 0 Å². The Labute approximate surface area is 122 Å². The second-order valence-electron chi connectivity index (χ2n) is 4.69. The fourth-order valence-corrected chi connectivity index (χ4v) is 3.61. The van der Waals surface area contributed by atoms with Gasteiger partial charge in [-0.25, -0.2) is 12.8 Å². The van der Waals surface area contributed by atoms with Gasteiger partial charge in [0.25, 0.3) is 0 Å². The lowest BCUT2D eigenvalue weighted by atomic mass is 10.1. The summed E-state index contributed by atoms with van der Waals surface area (Å²) in [5.41, 5.74) is 6.29. The van der Waals surface area contributed by atoms with E-state index < -0.39 is 26.8 Å². The number of rotatable bonds is 4. The molecule has 1 atom stereocenters. The average molecular weight is 307 g/mol. The Morgan fingerprint density at radius 2 is 1.57 bits per heavy atom. The van der Waals surface area contributed by atoms with E-state index in [9.17, 15) is 17.6 Å². The maximum atomic E-state index is 12.9. The van der Waals surface area contributed by atoms with E-state index in [4.69, 9.17) is 5.73 Å². The summed E-state index contributed by atoms with van der Waals surface area (Å²) in [5, 5.41) is -1.54. The van der Waals surface area contributed by atoms with Crippen LogP contribution >= 0.6 is 0 Å². The molecule has 110 valence electrons. The Balaban J connectivity index is 2.54. The van der Waals surface area contributed by atoms with E-state index in [1.54, 1.807) is 12.1 Å². The van der Waals surface area contributed by atoms with Crippen LogP contribution in [0, 0.1) is 12.7 Å². The van der Waals surface area contributed by atoms with Gasteiger partial charge in [0.1, 0.15) is 5.82 Å². The first-order valence-corrected chi connectivity index (χ1v) is 7.72. The molecule has 2 N–H and O–H groups in total. The molecule has 0 spiro atoms. The minimum absolute atomic E-state index is 0.00113. The van der Waals surface area contributed by atoms with E-state index >= 15 is 0 Å². The molecule has 0 aliphatic heterocycles. The van der Waals surface area contributed by atoms with Crippen LogP contribution in [0.3, 0.4) is 0 Å². The normalized spacial score (nSPS) is 12.9. The molecule has 0 saturated carbocycles. The zero-order valence-electron chi connectivity index (χ0n) is 11.3. The number of nitrogens with two attached hydrogens (primary N) is 1. The second kappa shape index (κ2) is 5.65. The highest BCUT2D eigenvalue weighted by molar-refractivity contribution is 7.92. The van der Waals surface area contributed by atoms with Crippen LogP contribution in [0.15, 0.2) is 53.4 Å². The summed E-state index contributed by atoms with van der Waals surface area (Å²) in [5.74, 6) is -1.52. The van der Waals surface area contributed by atoms with Crippen LogP contribution in [0.4, 0.5) is 4.39 Å². The van der Waals surface area contributed by atoms with Crippen LogP contribution < -0.4 is 5.73 Å². The lowest BCUT2D eigenvalue weighted by Crippen LogP contribution is -2.28. The molecule has 2 aromatic rings. The highest BCUT2D eigenvalue weighted by atomic mass is 32.2. The Bertz CT molecular complexity index is 753. The van der Waals surface area contributed by atoms with Crippen LogP contribution in [0.5, 0.6) is 0 Å². The minimum atomic E-state index is -3.98. The van der Waals surface area contributed by atoms with Crippen LogP contribution in [0.2, 0.25) is 0 Å². The highest BCUT2D eigenvalue weighted by Gasteiger charge is 2.33. The number of halogens is 1. The molecule has 0 fully saturated rings. The lowest BCUT2D eigenvalue weighted by Gasteiger charge is -2.15. The number of primary amides is 1. The Kier molecular flexibility index (Phi) is 4.09. The van der Waals surface area contributed by atoms with Crippen molar-refractivity contribution in [1.29, 1.82) is 0 Å². The molecule has 21 heavy (non-hydrogen) atoms. The number of hydrogen-bond acceptors (Lipinski definition) is 3. The van der Waals surface area contributed by atoms with Crippen molar-refractivity contribution in [2.75, 3.05) is 0 Å². The largest absolute Gasteiger partial charge is 0.368 e. The molecular weight excluding hydrogens is 293 g/mol. The molecule has 1 amide bonds. The molecule has 0 aliphatic rings. The van der Waals surface area contributed by atoms with Gasteiger partial charge < -0.3 is 5.73 Å². The van der Waals surface area contributed by atoms with Crippen LogP contribution in [0.25, 0.3) is 0 Å². The quantitative estimate of drug-likeness (QED) is 0.940. The monoisotopic (exact) mass is 307 g/mol. The van der Waals surface area contributed by atoms with E-state index in [0.29, 0.717) is 0 Å². The number of carbonyl (C=O) groups excluding carboxylic acids is 1. The molecule has 1 unspecified atom stereocenters. The van der Waals surface area contributed by atoms with Gasteiger partial charge in [0.05, 0.1) is 4.90 Å². The Hall–Kier alpha value is -2.21. The van der Waals surface area contributed by atoms with E-state index in [1.807, 2.05) is 6.92 Å². The maximum Gasteiger partial charge on any atom is 0.240 e. The summed E-state index contributed by atoms with van der Waals surface area (Å²) in [6, 6.07) is 10.8. The van der Waals surface area contributed by atoms with Crippen LogP contribution in [-0.2, 0) is 14.6 Å². The molecule has 0 aliphatic carbocycles. The van der Waals surface area contributed by atoms with Crippen molar-refractivity contribution in [2.45, 2.75) is 17.1 Å². The topological polar surface area (TPSA) is 77.2 Å². The summed E-state index contributed by atoms with van der Waals surface area (Å²) < 4.78 is 38.1. The number of amides is 1. The smallest absolute Gasteiger partial charge is 0.240 e. The third kappa shape index (κ3) is 3.11. The van der Waals surface area contributed by atoms with Gasteiger partial charge in [-0.15, -0.1) is 0 Å². The number of sulfone groups is 1. The SMILES string of the molecule is Cc1ccc(S(=O)(=O)C(C(N)=O)c2ccc(F)cc2)cc1. The van der Waals surface area contributed by atoms with Crippen molar-refractivity contribution < 1.29 is 17.6 Å². The third-order valence-electron chi connectivity index (χ3n) is 3.09. The predicted molar refractivity (Wildman–Crippen MR) is 76.7 cm³/mol. The summed E-state index contributed by atoms with van der Waals surface area (Å²) in [4.78, 5) is 11.6. The van der Waals surface area contributed by atoms with Crippen LogP contribution in [-0.4, -0.2) is 14.3 Å². The van der Waals surface area contributed by atoms with Gasteiger partial charge >= 0.3 is 0 Å². The molecule has 2 rings (SSSR count). The lowest BCUT2D eigenvalue weighted by molar-refractivity contribution is -0.117. The van der Waals surface area contributed by atoms with Crippen molar-refractivity contribution >= 4 is 15.7 Å². The summed E-state index contributed by atoms with van der Waals surface area (Å²) in [6.45, 7) is 1.82. The molecule has 2 aromatic carbocycles. The van der Waals surface area contributed by atoms with Crippen molar-refractivity contribution in [3.05, 3.63) is 65.5 Å². The van der Waals surface area contributed by atoms with E-state index in [0.717, 1.165) is 17.7 Å². The average Bonchev–Trinajstić information content (AvgIpc) is 2.41. The first kappa shape index (κ1) is 15.2. The number of hydrogen-bond donors (Lipinski definition) is 1. The van der Waals surface area contributed by atoms with Gasteiger partial charge in [-0.1, -0.05) is 29.8 Å². The fourth-order valence-electron chi connectivity index (χ4n) is 2.00. The number of aryl methyl sites for hydroxylation is 1. The molecule has 0 heterocycles. The zero-order chi connectivity index (χ0) is 15.6. The first-order chi connectivity index (χ1) is 9.82. The van der Waals surface area contributed by atoms with E-state index in [-0.39, 0.29) is 10.5 Å². The molecule has 0 saturated heterocycles. The van der Waals surface area contributed by atoms with Gasteiger partial charge in [0.2, 0.25) is 5.91 Å². The first-order valence-electron chi connectivity index (χ1n) is 6.18. The fraction of sp³-hybridized carbons (Fsp3) is 0.133. The Morgan fingerprint density at radius 3 is 2.05 bits per heavy atom. The molecule has 0 aromatic heterocycles. The highest BCUT2D eigenvalue weighted by Crippen LogP contribution is 2.29. The van der Waals surface area contributed by atoms with Crippen molar-refractivity contribution in [2.24, 2.45) is 5.73 Å². The number of benzene rings is 2. The summed E-state index contributed by atoms with van der Waals surface area (Å²) in [6.07, 6.45) is 0. The van der Waals surface area contributed by atoms with Gasteiger partial charge in [0.15, 0.2) is 15.1 Å². The van der Waals surface area contributed by atoms with Gasteiger partial charge in [-0.05, 0) is 36.8 Å². The number of carbonyl (C=O) groups is 1.